The third-order valence-electron chi connectivity index (χ3n) is 3.70. The quantitative estimate of drug-likeness (QED) is 0.484. The minimum atomic E-state index is -0.00347. The third kappa shape index (κ3) is 0.640. The Balaban J connectivity index is 2.32. The van der Waals surface area contributed by atoms with Crippen LogP contribution in [0.2, 0.25) is 0 Å². The topological polar surface area (TPSA) is 17.1 Å². The first-order valence-corrected chi connectivity index (χ1v) is 4.26. The van der Waals surface area contributed by atoms with Gasteiger partial charge in [0.2, 0.25) is 0 Å². The maximum Gasteiger partial charge on any atom is 0.139 e. The SMILES string of the molecule is C=C1C[C@@]2(C)C(=O)C[C@H]2C1C. The summed E-state index contributed by atoms with van der Waals surface area (Å²) >= 11 is 0. The Labute approximate surface area is 67.5 Å². The van der Waals surface area contributed by atoms with E-state index in [0.29, 0.717) is 17.6 Å². The van der Waals surface area contributed by atoms with E-state index in [2.05, 4.69) is 20.4 Å². The molecule has 2 rings (SSSR count). The second-order valence-electron chi connectivity index (χ2n) is 4.27. The van der Waals surface area contributed by atoms with Gasteiger partial charge in [0.15, 0.2) is 0 Å². The summed E-state index contributed by atoms with van der Waals surface area (Å²) in [5.74, 6) is 1.65. The molecule has 1 unspecified atom stereocenters. The van der Waals surface area contributed by atoms with Crippen LogP contribution >= 0.6 is 0 Å². The molecule has 0 amide bonds. The minimum absolute atomic E-state index is 0.00347. The van der Waals surface area contributed by atoms with Crippen LogP contribution in [-0.4, -0.2) is 5.78 Å². The molecule has 1 nitrogen and oxygen atoms in total. The van der Waals surface area contributed by atoms with Gasteiger partial charge in [0.05, 0.1) is 0 Å². The Morgan fingerprint density at radius 3 is 2.64 bits per heavy atom. The van der Waals surface area contributed by atoms with Crippen molar-refractivity contribution < 1.29 is 4.79 Å². The van der Waals surface area contributed by atoms with Gasteiger partial charge in [0.25, 0.3) is 0 Å². The Bertz CT molecular complexity index is 241. The molecule has 0 heterocycles. The van der Waals surface area contributed by atoms with E-state index in [4.69, 9.17) is 0 Å². The molecule has 1 heteroatoms. The van der Waals surface area contributed by atoms with Gasteiger partial charge in [-0.2, -0.15) is 0 Å². The zero-order valence-corrected chi connectivity index (χ0v) is 7.18. The van der Waals surface area contributed by atoms with Crippen LogP contribution in [0.15, 0.2) is 12.2 Å². The van der Waals surface area contributed by atoms with Crippen molar-refractivity contribution in [2.75, 3.05) is 0 Å². The summed E-state index contributed by atoms with van der Waals surface area (Å²) in [5.41, 5.74) is 1.28. The first-order valence-electron chi connectivity index (χ1n) is 4.26. The predicted molar refractivity (Wildman–Crippen MR) is 44.1 cm³/mol. The number of ketones is 1. The van der Waals surface area contributed by atoms with Crippen molar-refractivity contribution in [1.82, 2.24) is 0 Å². The molecular formula is C10H14O. The number of fused-ring (bicyclic) bond motifs is 1. The number of carbonyl (C=O) groups excluding carboxylic acids is 1. The van der Waals surface area contributed by atoms with Gasteiger partial charge in [0, 0.05) is 11.8 Å². The minimum Gasteiger partial charge on any atom is -0.299 e. The summed E-state index contributed by atoms with van der Waals surface area (Å²) in [5, 5.41) is 0. The van der Waals surface area contributed by atoms with E-state index in [1.54, 1.807) is 0 Å². The number of rotatable bonds is 0. The van der Waals surface area contributed by atoms with Gasteiger partial charge in [-0.1, -0.05) is 26.0 Å². The van der Waals surface area contributed by atoms with Crippen LogP contribution in [0.5, 0.6) is 0 Å². The van der Waals surface area contributed by atoms with E-state index >= 15 is 0 Å². The standard InChI is InChI=1S/C10H14O/c1-6-5-10(3)8(7(6)2)4-9(10)11/h7-8H,1,4-5H2,2-3H3/t7?,8-,10+/m0/s1. The molecule has 0 radical (unpaired) electrons. The van der Waals surface area contributed by atoms with Gasteiger partial charge in [-0.25, -0.2) is 0 Å². The molecule has 0 bridgehead atoms. The molecule has 60 valence electrons. The zero-order valence-electron chi connectivity index (χ0n) is 7.18. The Hall–Kier alpha value is -0.590. The second-order valence-corrected chi connectivity index (χ2v) is 4.27. The van der Waals surface area contributed by atoms with Gasteiger partial charge in [0.1, 0.15) is 5.78 Å². The van der Waals surface area contributed by atoms with Crippen molar-refractivity contribution in [1.29, 1.82) is 0 Å². The Kier molecular flexibility index (Phi) is 1.14. The maximum absolute atomic E-state index is 11.3. The first-order chi connectivity index (χ1) is 5.05. The molecule has 0 N–H and O–H groups in total. The maximum atomic E-state index is 11.3. The molecule has 0 aromatic rings. The number of hydrogen-bond acceptors (Lipinski definition) is 1. The Morgan fingerprint density at radius 1 is 1.64 bits per heavy atom. The van der Waals surface area contributed by atoms with Gasteiger partial charge < -0.3 is 0 Å². The number of allylic oxidation sites excluding steroid dienone is 1. The molecule has 2 saturated carbocycles. The molecule has 0 saturated heterocycles. The summed E-state index contributed by atoms with van der Waals surface area (Å²) < 4.78 is 0. The summed E-state index contributed by atoms with van der Waals surface area (Å²) in [4.78, 5) is 11.3. The molecule has 0 spiro atoms. The summed E-state index contributed by atoms with van der Waals surface area (Å²) in [6.45, 7) is 8.30. The second kappa shape index (κ2) is 1.77. The highest BCUT2D eigenvalue weighted by Gasteiger charge is 2.57. The molecule has 2 fully saturated rings. The average Bonchev–Trinajstić information content (AvgIpc) is 2.12. The van der Waals surface area contributed by atoms with Gasteiger partial charge in [-0.15, -0.1) is 0 Å². The predicted octanol–water partition coefficient (Wildman–Crippen LogP) is 2.18. The lowest BCUT2D eigenvalue weighted by atomic mass is 9.60. The molecular weight excluding hydrogens is 136 g/mol. The summed E-state index contributed by atoms with van der Waals surface area (Å²) in [6.07, 6.45) is 1.74. The van der Waals surface area contributed by atoms with Gasteiger partial charge in [-0.05, 0) is 18.3 Å². The van der Waals surface area contributed by atoms with E-state index in [0.717, 1.165) is 12.8 Å². The van der Waals surface area contributed by atoms with Crippen molar-refractivity contribution in [2.45, 2.75) is 26.7 Å². The Morgan fingerprint density at radius 2 is 2.27 bits per heavy atom. The fourth-order valence-corrected chi connectivity index (χ4v) is 2.61. The molecule has 0 aromatic heterocycles. The van der Waals surface area contributed by atoms with Crippen LogP contribution in [0, 0.1) is 17.3 Å². The molecule has 2 aliphatic rings. The van der Waals surface area contributed by atoms with Crippen LogP contribution in [-0.2, 0) is 4.79 Å². The lowest BCUT2D eigenvalue weighted by molar-refractivity contribution is -0.142. The highest BCUT2D eigenvalue weighted by Crippen LogP contribution is 2.58. The van der Waals surface area contributed by atoms with E-state index in [1.807, 2.05) is 0 Å². The monoisotopic (exact) mass is 150 g/mol. The van der Waals surface area contributed by atoms with Crippen LogP contribution in [0.4, 0.5) is 0 Å². The molecule has 0 aromatic carbocycles. The first kappa shape index (κ1) is 7.08. The zero-order chi connectivity index (χ0) is 8.22. The third-order valence-corrected chi connectivity index (χ3v) is 3.70. The van der Waals surface area contributed by atoms with Crippen molar-refractivity contribution >= 4 is 5.78 Å². The van der Waals surface area contributed by atoms with E-state index in [9.17, 15) is 4.79 Å². The number of hydrogen-bond donors (Lipinski definition) is 0. The van der Waals surface area contributed by atoms with Crippen LogP contribution in [0.25, 0.3) is 0 Å². The molecule has 0 aliphatic heterocycles. The summed E-state index contributed by atoms with van der Waals surface area (Å²) in [6, 6.07) is 0. The van der Waals surface area contributed by atoms with E-state index in [-0.39, 0.29) is 5.41 Å². The molecule has 11 heavy (non-hydrogen) atoms. The molecule has 3 atom stereocenters. The van der Waals surface area contributed by atoms with E-state index in [1.165, 1.54) is 5.57 Å². The average molecular weight is 150 g/mol. The van der Waals surface area contributed by atoms with Crippen molar-refractivity contribution in [3.8, 4) is 0 Å². The fourth-order valence-electron chi connectivity index (χ4n) is 2.61. The number of carbonyl (C=O) groups is 1. The lowest BCUT2D eigenvalue weighted by Gasteiger charge is -2.41. The highest BCUT2D eigenvalue weighted by molar-refractivity contribution is 5.92. The lowest BCUT2D eigenvalue weighted by Crippen LogP contribution is -2.45. The van der Waals surface area contributed by atoms with Crippen molar-refractivity contribution in [2.24, 2.45) is 17.3 Å². The largest absolute Gasteiger partial charge is 0.299 e. The van der Waals surface area contributed by atoms with Crippen molar-refractivity contribution in [3.05, 3.63) is 12.2 Å². The van der Waals surface area contributed by atoms with Crippen LogP contribution < -0.4 is 0 Å². The van der Waals surface area contributed by atoms with Crippen LogP contribution in [0.1, 0.15) is 26.7 Å². The van der Waals surface area contributed by atoms with E-state index < -0.39 is 0 Å². The van der Waals surface area contributed by atoms with Gasteiger partial charge in [-0.3, -0.25) is 4.79 Å². The smallest absolute Gasteiger partial charge is 0.139 e. The fraction of sp³-hybridized carbons (Fsp3) is 0.700. The highest BCUT2D eigenvalue weighted by atomic mass is 16.1. The van der Waals surface area contributed by atoms with Crippen LogP contribution in [0.3, 0.4) is 0 Å². The summed E-state index contributed by atoms with van der Waals surface area (Å²) in [7, 11) is 0. The normalized spacial score (nSPS) is 48.9. The molecule has 2 aliphatic carbocycles. The number of Topliss-reactive ketones (excluding diaryl/α,β-unsaturated/α-hetero) is 1. The van der Waals surface area contributed by atoms with Gasteiger partial charge >= 0.3 is 0 Å². The van der Waals surface area contributed by atoms with Crippen molar-refractivity contribution in [3.63, 3.8) is 0 Å².